The van der Waals surface area contributed by atoms with Gasteiger partial charge in [0, 0.05) is 28.2 Å². The molecule has 2 aromatic carbocycles. The number of aryl methyl sites for hydroxylation is 3. The minimum Gasteiger partial charge on any atom is -0.326 e. The molecule has 0 aliphatic rings. The van der Waals surface area contributed by atoms with Gasteiger partial charge in [-0.1, -0.05) is 48.9 Å². The molecule has 30 heavy (non-hydrogen) atoms. The summed E-state index contributed by atoms with van der Waals surface area (Å²) in [6.45, 7) is 5.88. The lowest BCUT2D eigenvalue weighted by atomic mass is 10.1. The maximum Gasteiger partial charge on any atom is 0.253 e. The summed E-state index contributed by atoms with van der Waals surface area (Å²) in [5, 5.41) is 8.19. The molecule has 0 atom stereocenters. The van der Waals surface area contributed by atoms with E-state index in [-0.39, 0.29) is 12.3 Å². The molecule has 7 heteroatoms. The summed E-state index contributed by atoms with van der Waals surface area (Å²) in [6.07, 6.45) is 1.06. The molecule has 0 bridgehead atoms. The van der Waals surface area contributed by atoms with Crippen molar-refractivity contribution < 1.29 is 4.79 Å². The monoisotopic (exact) mass is 419 g/mol. The van der Waals surface area contributed by atoms with Crippen LogP contribution in [0, 0.1) is 13.8 Å². The molecule has 0 aliphatic heterocycles. The molecule has 0 aliphatic carbocycles. The van der Waals surface area contributed by atoms with Gasteiger partial charge in [-0.05, 0) is 44.0 Å². The van der Waals surface area contributed by atoms with Crippen LogP contribution in [-0.4, -0.2) is 25.5 Å². The summed E-state index contributed by atoms with van der Waals surface area (Å²) in [5.74, 6) is 0.907. The third-order valence-electron chi connectivity index (χ3n) is 5.17. The SMILES string of the molecule is CCc1ccccc1NC(=O)Cc1c(C)nc2nc(-c3ccccc3Cl)nn2c1C. The summed E-state index contributed by atoms with van der Waals surface area (Å²) in [5.41, 5.74) is 5.13. The first kappa shape index (κ1) is 20.0. The fourth-order valence-corrected chi connectivity index (χ4v) is 3.75. The second kappa shape index (κ2) is 8.24. The van der Waals surface area contributed by atoms with Crippen LogP contribution < -0.4 is 5.32 Å². The first-order valence-electron chi connectivity index (χ1n) is 9.83. The van der Waals surface area contributed by atoms with Crippen LogP contribution >= 0.6 is 11.6 Å². The number of carbonyl (C=O) groups excluding carboxylic acids is 1. The Bertz CT molecular complexity index is 1250. The predicted molar refractivity (Wildman–Crippen MR) is 119 cm³/mol. The third kappa shape index (κ3) is 3.78. The molecule has 0 radical (unpaired) electrons. The van der Waals surface area contributed by atoms with Crippen LogP contribution in [0.5, 0.6) is 0 Å². The van der Waals surface area contributed by atoms with Crippen LogP contribution in [0.4, 0.5) is 5.69 Å². The zero-order valence-electron chi connectivity index (χ0n) is 17.1. The zero-order chi connectivity index (χ0) is 21.3. The molecule has 1 amide bonds. The quantitative estimate of drug-likeness (QED) is 0.504. The highest BCUT2D eigenvalue weighted by molar-refractivity contribution is 6.33. The van der Waals surface area contributed by atoms with Crippen LogP contribution in [-0.2, 0) is 17.6 Å². The van der Waals surface area contributed by atoms with Crippen molar-refractivity contribution in [3.05, 3.63) is 76.1 Å². The Balaban J connectivity index is 1.66. The normalized spacial score (nSPS) is 11.1. The number of halogens is 1. The van der Waals surface area contributed by atoms with Crippen LogP contribution in [0.1, 0.15) is 29.4 Å². The van der Waals surface area contributed by atoms with Gasteiger partial charge in [0.25, 0.3) is 5.78 Å². The van der Waals surface area contributed by atoms with Gasteiger partial charge in [-0.25, -0.2) is 9.50 Å². The summed E-state index contributed by atoms with van der Waals surface area (Å²) in [6, 6.07) is 15.3. The lowest BCUT2D eigenvalue weighted by Crippen LogP contribution is -2.18. The average molecular weight is 420 g/mol. The predicted octanol–water partition coefficient (Wildman–Crippen LogP) is 4.81. The van der Waals surface area contributed by atoms with Gasteiger partial charge >= 0.3 is 0 Å². The van der Waals surface area contributed by atoms with Gasteiger partial charge < -0.3 is 5.32 Å². The van der Waals surface area contributed by atoms with Crippen molar-refractivity contribution in [3.8, 4) is 11.4 Å². The van der Waals surface area contributed by atoms with Gasteiger partial charge in [0.05, 0.1) is 11.4 Å². The van der Waals surface area contributed by atoms with E-state index in [9.17, 15) is 4.79 Å². The number of hydrogen-bond acceptors (Lipinski definition) is 4. The molecule has 0 saturated carbocycles. The summed E-state index contributed by atoms with van der Waals surface area (Å²) in [4.78, 5) is 21.9. The van der Waals surface area contributed by atoms with Gasteiger partial charge in [0.1, 0.15) is 0 Å². The molecule has 0 fully saturated rings. The second-order valence-corrected chi connectivity index (χ2v) is 7.53. The van der Waals surface area contributed by atoms with Crippen molar-refractivity contribution in [3.63, 3.8) is 0 Å². The van der Waals surface area contributed by atoms with Crippen molar-refractivity contribution in [2.24, 2.45) is 0 Å². The van der Waals surface area contributed by atoms with E-state index >= 15 is 0 Å². The van der Waals surface area contributed by atoms with E-state index in [1.807, 2.05) is 56.3 Å². The summed E-state index contributed by atoms with van der Waals surface area (Å²) < 4.78 is 1.67. The minimum atomic E-state index is -0.0882. The standard InChI is InChI=1S/C23H22ClN5O/c1-4-16-9-5-8-12-20(16)26-21(30)13-18-14(2)25-23-27-22(28-29(23)15(18)3)17-10-6-7-11-19(17)24/h5-12H,4,13H2,1-3H3,(H,26,30). The van der Waals surface area contributed by atoms with Gasteiger partial charge in [0.2, 0.25) is 5.91 Å². The van der Waals surface area contributed by atoms with E-state index in [0.717, 1.165) is 40.2 Å². The first-order chi connectivity index (χ1) is 14.5. The highest BCUT2D eigenvalue weighted by atomic mass is 35.5. The summed E-state index contributed by atoms with van der Waals surface area (Å²) >= 11 is 6.30. The number of amides is 1. The topological polar surface area (TPSA) is 72.2 Å². The Morgan fingerprint density at radius 3 is 2.57 bits per heavy atom. The molecule has 2 heterocycles. The number of carbonyl (C=O) groups is 1. The van der Waals surface area contributed by atoms with E-state index in [1.165, 1.54) is 0 Å². The van der Waals surface area contributed by atoms with E-state index in [2.05, 4.69) is 27.3 Å². The third-order valence-corrected chi connectivity index (χ3v) is 5.50. The molecular formula is C23H22ClN5O. The van der Waals surface area contributed by atoms with E-state index < -0.39 is 0 Å². The summed E-state index contributed by atoms with van der Waals surface area (Å²) in [7, 11) is 0. The average Bonchev–Trinajstić information content (AvgIpc) is 3.15. The number of nitrogens with zero attached hydrogens (tertiary/aromatic N) is 4. The number of anilines is 1. The Morgan fingerprint density at radius 2 is 1.80 bits per heavy atom. The van der Waals surface area contributed by atoms with Crippen molar-refractivity contribution >= 4 is 29.0 Å². The molecule has 2 aromatic heterocycles. The zero-order valence-corrected chi connectivity index (χ0v) is 17.9. The number of aromatic nitrogens is 4. The van der Waals surface area contributed by atoms with Gasteiger partial charge in [-0.3, -0.25) is 4.79 Å². The molecule has 0 spiro atoms. The molecule has 152 valence electrons. The van der Waals surface area contributed by atoms with Crippen molar-refractivity contribution in [1.29, 1.82) is 0 Å². The van der Waals surface area contributed by atoms with E-state index in [4.69, 9.17) is 11.6 Å². The number of fused-ring (bicyclic) bond motifs is 1. The molecular weight excluding hydrogens is 398 g/mol. The van der Waals surface area contributed by atoms with Crippen molar-refractivity contribution in [1.82, 2.24) is 19.6 Å². The number of hydrogen-bond donors (Lipinski definition) is 1. The molecule has 1 N–H and O–H groups in total. The van der Waals surface area contributed by atoms with Crippen LogP contribution in [0.15, 0.2) is 48.5 Å². The van der Waals surface area contributed by atoms with Gasteiger partial charge in [0.15, 0.2) is 5.82 Å². The van der Waals surface area contributed by atoms with Crippen LogP contribution in [0.25, 0.3) is 17.2 Å². The Morgan fingerprint density at radius 1 is 1.07 bits per heavy atom. The largest absolute Gasteiger partial charge is 0.326 e. The maximum absolute atomic E-state index is 12.8. The molecule has 0 unspecified atom stereocenters. The minimum absolute atomic E-state index is 0.0882. The van der Waals surface area contributed by atoms with E-state index in [0.29, 0.717) is 16.6 Å². The first-order valence-corrected chi connectivity index (χ1v) is 10.2. The van der Waals surface area contributed by atoms with Crippen molar-refractivity contribution in [2.75, 3.05) is 5.32 Å². The molecule has 0 saturated heterocycles. The Labute approximate surface area is 179 Å². The van der Waals surface area contributed by atoms with Gasteiger partial charge in [-0.15, -0.1) is 5.10 Å². The lowest BCUT2D eigenvalue weighted by Gasteiger charge is -2.12. The van der Waals surface area contributed by atoms with Crippen LogP contribution in [0.2, 0.25) is 5.02 Å². The molecule has 4 rings (SSSR count). The van der Waals surface area contributed by atoms with E-state index in [1.54, 1.807) is 10.6 Å². The molecule has 6 nitrogen and oxygen atoms in total. The Hall–Kier alpha value is -3.25. The number of benzene rings is 2. The number of rotatable bonds is 5. The maximum atomic E-state index is 12.8. The smallest absolute Gasteiger partial charge is 0.253 e. The second-order valence-electron chi connectivity index (χ2n) is 7.12. The lowest BCUT2D eigenvalue weighted by molar-refractivity contribution is -0.115. The number of para-hydroxylation sites is 1. The fourth-order valence-electron chi connectivity index (χ4n) is 3.53. The van der Waals surface area contributed by atoms with Crippen molar-refractivity contribution in [2.45, 2.75) is 33.6 Å². The van der Waals surface area contributed by atoms with Crippen LogP contribution in [0.3, 0.4) is 0 Å². The highest BCUT2D eigenvalue weighted by Gasteiger charge is 2.18. The Kier molecular flexibility index (Phi) is 5.50. The highest BCUT2D eigenvalue weighted by Crippen LogP contribution is 2.26. The number of nitrogens with one attached hydrogen (secondary N) is 1. The molecule has 4 aromatic rings. The fraction of sp³-hybridized carbons (Fsp3) is 0.217. The van der Waals surface area contributed by atoms with Gasteiger partial charge in [-0.2, -0.15) is 4.98 Å².